The highest BCUT2D eigenvalue weighted by Gasteiger charge is 2.11. The van der Waals surface area contributed by atoms with E-state index in [1.165, 1.54) is 5.56 Å². The molecule has 1 aliphatic rings. The van der Waals surface area contributed by atoms with Crippen molar-refractivity contribution in [2.24, 2.45) is 0 Å². The fourth-order valence-electron chi connectivity index (χ4n) is 2.56. The van der Waals surface area contributed by atoms with Crippen molar-refractivity contribution < 1.29 is 9.53 Å². The van der Waals surface area contributed by atoms with Gasteiger partial charge in [-0.25, -0.2) is 0 Å². The molecule has 1 amide bonds. The first-order valence-electron chi connectivity index (χ1n) is 8.17. The lowest BCUT2D eigenvalue weighted by molar-refractivity contribution is 0.0944. The van der Waals surface area contributed by atoms with Gasteiger partial charge >= 0.3 is 0 Å². The first kappa shape index (κ1) is 16.9. The van der Waals surface area contributed by atoms with Gasteiger partial charge in [0.25, 0.3) is 5.91 Å². The molecule has 2 rings (SSSR count). The van der Waals surface area contributed by atoms with Gasteiger partial charge in [0.15, 0.2) is 0 Å². The Labute approximate surface area is 133 Å². The van der Waals surface area contributed by atoms with Crippen LogP contribution >= 0.6 is 0 Å². The average Bonchev–Trinajstić information content (AvgIpc) is 2.56. The van der Waals surface area contributed by atoms with E-state index in [9.17, 15) is 4.79 Å². The Kier molecular flexibility index (Phi) is 7.36. The molecular formula is C17H27N3O2. The Hall–Kier alpha value is -1.43. The Balaban J connectivity index is 1.80. The van der Waals surface area contributed by atoms with E-state index in [0.29, 0.717) is 13.2 Å². The summed E-state index contributed by atoms with van der Waals surface area (Å²) in [5.74, 6) is -0.00124. The predicted molar refractivity (Wildman–Crippen MR) is 88.0 cm³/mol. The van der Waals surface area contributed by atoms with Gasteiger partial charge in [0.1, 0.15) is 0 Å². The van der Waals surface area contributed by atoms with E-state index in [-0.39, 0.29) is 5.91 Å². The molecule has 5 heteroatoms. The number of ether oxygens (including phenoxy) is 1. The number of piperazine rings is 1. The lowest BCUT2D eigenvalue weighted by Gasteiger charge is -2.27. The van der Waals surface area contributed by atoms with Gasteiger partial charge in [0.05, 0.1) is 0 Å². The zero-order chi connectivity index (χ0) is 15.6. The summed E-state index contributed by atoms with van der Waals surface area (Å²) in [6.07, 6.45) is 0.847. The first-order valence-corrected chi connectivity index (χ1v) is 8.17. The third kappa shape index (κ3) is 5.75. The maximum absolute atomic E-state index is 12.1. The Morgan fingerprint density at radius 1 is 1.36 bits per heavy atom. The van der Waals surface area contributed by atoms with Gasteiger partial charge in [-0.3, -0.25) is 9.69 Å². The van der Waals surface area contributed by atoms with Crippen molar-refractivity contribution in [2.45, 2.75) is 19.9 Å². The van der Waals surface area contributed by atoms with Gasteiger partial charge < -0.3 is 15.4 Å². The van der Waals surface area contributed by atoms with Gasteiger partial charge in [-0.2, -0.15) is 0 Å². The van der Waals surface area contributed by atoms with Crippen LogP contribution in [-0.2, 0) is 11.3 Å². The zero-order valence-electron chi connectivity index (χ0n) is 13.4. The van der Waals surface area contributed by atoms with E-state index in [4.69, 9.17) is 4.74 Å². The fraction of sp³-hybridized carbons (Fsp3) is 0.588. The summed E-state index contributed by atoms with van der Waals surface area (Å²) in [7, 11) is 0. The van der Waals surface area contributed by atoms with Gasteiger partial charge in [-0.1, -0.05) is 12.1 Å². The highest BCUT2D eigenvalue weighted by molar-refractivity contribution is 5.94. The second-order valence-electron chi connectivity index (χ2n) is 5.53. The molecule has 1 aromatic carbocycles. The first-order chi connectivity index (χ1) is 10.8. The largest absolute Gasteiger partial charge is 0.382 e. The van der Waals surface area contributed by atoms with Crippen LogP contribution in [0, 0.1) is 0 Å². The van der Waals surface area contributed by atoms with Crippen LogP contribution in [0.15, 0.2) is 24.3 Å². The van der Waals surface area contributed by atoms with Crippen molar-refractivity contribution in [2.75, 3.05) is 45.9 Å². The number of hydrogen-bond acceptors (Lipinski definition) is 4. The summed E-state index contributed by atoms with van der Waals surface area (Å²) in [5.41, 5.74) is 1.94. The fourth-order valence-corrected chi connectivity index (χ4v) is 2.56. The van der Waals surface area contributed by atoms with Crippen LogP contribution in [-0.4, -0.2) is 56.7 Å². The molecule has 0 bridgehead atoms. The molecule has 0 unspecified atom stereocenters. The summed E-state index contributed by atoms with van der Waals surface area (Å²) in [4.78, 5) is 14.6. The van der Waals surface area contributed by atoms with Crippen LogP contribution in [0.3, 0.4) is 0 Å². The quantitative estimate of drug-likeness (QED) is 0.710. The number of benzene rings is 1. The van der Waals surface area contributed by atoms with Crippen LogP contribution in [0.25, 0.3) is 0 Å². The highest BCUT2D eigenvalue weighted by atomic mass is 16.5. The highest BCUT2D eigenvalue weighted by Crippen LogP contribution is 2.09. The molecule has 0 atom stereocenters. The normalized spacial score (nSPS) is 15.7. The summed E-state index contributed by atoms with van der Waals surface area (Å²) in [5, 5.41) is 6.30. The molecule has 0 spiro atoms. The van der Waals surface area contributed by atoms with E-state index in [1.807, 2.05) is 25.1 Å². The van der Waals surface area contributed by atoms with Crippen molar-refractivity contribution in [3.05, 3.63) is 35.4 Å². The van der Waals surface area contributed by atoms with Crippen LogP contribution in [0.1, 0.15) is 29.3 Å². The van der Waals surface area contributed by atoms with Crippen LogP contribution in [0.4, 0.5) is 0 Å². The van der Waals surface area contributed by atoms with Crippen molar-refractivity contribution in [1.29, 1.82) is 0 Å². The van der Waals surface area contributed by atoms with Gasteiger partial charge in [-0.15, -0.1) is 0 Å². The predicted octanol–water partition coefficient (Wildman–Crippen LogP) is 1.25. The van der Waals surface area contributed by atoms with Crippen LogP contribution < -0.4 is 10.6 Å². The molecular weight excluding hydrogens is 278 g/mol. The minimum atomic E-state index is -0.00124. The van der Waals surface area contributed by atoms with E-state index < -0.39 is 0 Å². The molecule has 1 heterocycles. The van der Waals surface area contributed by atoms with Crippen molar-refractivity contribution in [3.8, 4) is 0 Å². The lowest BCUT2D eigenvalue weighted by Crippen LogP contribution is -2.42. The molecule has 1 saturated heterocycles. The third-order valence-electron chi connectivity index (χ3n) is 3.76. The molecule has 5 nitrogen and oxygen atoms in total. The third-order valence-corrected chi connectivity index (χ3v) is 3.76. The number of nitrogens with one attached hydrogen (secondary N) is 2. The summed E-state index contributed by atoms with van der Waals surface area (Å²) >= 11 is 0. The summed E-state index contributed by atoms with van der Waals surface area (Å²) in [6, 6.07) is 7.93. The number of hydrogen-bond donors (Lipinski definition) is 2. The van der Waals surface area contributed by atoms with Crippen molar-refractivity contribution >= 4 is 5.91 Å². The van der Waals surface area contributed by atoms with Crippen molar-refractivity contribution in [3.63, 3.8) is 0 Å². The molecule has 22 heavy (non-hydrogen) atoms. The monoisotopic (exact) mass is 305 g/mol. The smallest absolute Gasteiger partial charge is 0.251 e. The van der Waals surface area contributed by atoms with E-state index in [0.717, 1.165) is 51.3 Å². The average molecular weight is 305 g/mol. The maximum Gasteiger partial charge on any atom is 0.251 e. The maximum atomic E-state index is 12.1. The van der Waals surface area contributed by atoms with Gasteiger partial charge in [0.2, 0.25) is 0 Å². The SMILES string of the molecule is CCOCCCNC(=O)c1cccc(CN2CCNCC2)c1. The topological polar surface area (TPSA) is 53.6 Å². The van der Waals surface area contributed by atoms with Gasteiger partial charge in [0, 0.05) is 58.0 Å². The second kappa shape index (κ2) is 9.56. The molecule has 2 N–H and O–H groups in total. The standard InChI is InChI=1S/C17H27N3O2/c1-2-22-12-4-7-19-17(21)16-6-3-5-15(13-16)14-20-10-8-18-9-11-20/h3,5-6,13,18H,2,4,7-12,14H2,1H3,(H,19,21). The van der Waals surface area contributed by atoms with Crippen molar-refractivity contribution in [1.82, 2.24) is 15.5 Å². The Bertz CT molecular complexity index is 459. The molecule has 0 aliphatic carbocycles. The second-order valence-corrected chi connectivity index (χ2v) is 5.53. The lowest BCUT2D eigenvalue weighted by atomic mass is 10.1. The summed E-state index contributed by atoms with van der Waals surface area (Å²) in [6.45, 7) is 9.17. The molecule has 1 fully saturated rings. The van der Waals surface area contributed by atoms with Crippen LogP contribution in [0.5, 0.6) is 0 Å². The van der Waals surface area contributed by atoms with E-state index in [2.05, 4.69) is 21.6 Å². The molecule has 0 radical (unpaired) electrons. The van der Waals surface area contributed by atoms with Gasteiger partial charge in [-0.05, 0) is 31.0 Å². The Morgan fingerprint density at radius 3 is 2.95 bits per heavy atom. The molecule has 122 valence electrons. The minimum absolute atomic E-state index is 0.00124. The molecule has 1 aromatic rings. The minimum Gasteiger partial charge on any atom is -0.382 e. The number of rotatable bonds is 8. The van der Waals surface area contributed by atoms with E-state index >= 15 is 0 Å². The molecule has 0 aromatic heterocycles. The zero-order valence-corrected chi connectivity index (χ0v) is 13.4. The Morgan fingerprint density at radius 2 is 2.18 bits per heavy atom. The number of amides is 1. The summed E-state index contributed by atoms with van der Waals surface area (Å²) < 4.78 is 5.26. The van der Waals surface area contributed by atoms with E-state index in [1.54, 1.807) is 0 Å². The number of carbonyl (C=O) groups is 1. The number of carbonyl (C=O) groups excluding carboxylic acids is 1. The van der Waals surface area contributed by atoms with Crippen LogP contribution in [0.2, 0.25) is 0 Å². The molecule has 0 saturated carbocycles. The number of nitrogens with zero attached hydrogens (tertiary/aromatic N) is 1. The molecule has 1 aliphatic heterocycles.